The van der Waals surface area contributed by atoms with Gasteiger partial charge in [-0.15, -0.1) is 0 Å². The first-order chi connectivity index (χ1) is 21.8. The van der Waals surface area contributed by atoms with Gasteiger partial charge in [-0.3, -0.25) is 0 Å². The fourth-order valence-corrected chi connectivity index (χ4v) is 6.29. The van der Waals surface area contributed by atoms with Crippen LogP contribution in [0.4, 0.5) is 17.1 Å². The Labute approximate surface area is 265 Å². The average Bonchev–Trinajstić information content (AvgIpc) is 3.29. The molecule has 0 N–H and O–H groups in total. The number of ether oxygens (including phenoxy) is 1. The SMILES string of the molecule is CC1(C)OB(c2ccc3c(c2)N(c2cccc(-c4cccc(-c5ccccc5)c4)c2)c2ccc4ccccc4c2O3)OC1(C)C. The molecule has 0 bridgehead atoms. The van der Waals surface area contributed by atoms with Crippen LogP contribution in [0.1, 0.15) is 27.7 Å². The third kappa shape index (κ3) is 4.71. The zero-order valence-electron chi connectivity index (χ0n) is 26.0. The van der Waals surface area contributed by atoms with Gasteiger partial charge in [0.05, 0.1) is 22.6 Å². The van der Waals surface area contributed by atoms with Gasteiger partial charge < -0.3 is 18.9 Å². The number of anilines is 3. The van der Waals surface area contributed by atoms with E-state index in [-0.39, 0.29) is 0 Å². The Hall–Kier alpha value is -4.84. The minimum absolute atomic E-state index is 0.433. The van der Waals surface area contributed by atoms with E-state index in [1.54, 1.807) is 0 Å². The monoisotopic (exact) mass is 587 g/mol. The van der Waals surface area contributed by atoms with Crippen molar-refractivity contribution in [3.05, 3.63) is 133 Å². The molecule has 8 rings (SSSR count). The van der Waals surface area contributed by atoms with Gasteiger partial charge in [0.2, 0.25) is 0 Å². The Balaban J connectivity index is 1.27. The topological polar surface area (TPSA) is 30.9 Å². The lowest BCUT2D eigenvalue weighted by atomic mass is 9.78. The summed E-state index contributed by atoms with van der Waals surface area (Å²) < 4.78 is 19.6. The summed E-state index contributed by atoms with van der Waals surface area (Å²) in [4.78, 5) is 2.31. The summed E-state index contributed by atoms with van der Waals surface area (Å²) in [6, 6.07) is 46.9. The molecule has 0 saturated carbocycles. The third-order valence-electron chi connectivity index (χ3n) is 9.47. The van der Waals surface area contributed by atoms with E-state index in [2.05, 4.69) is 160 Å². The second-order valence-electron chi connectivity index (χ2n) is 12.9. The van der Waals surface area contributed by atoms with E-state index in [1.165, 1.54) is 11.1 Å². The molecule has 0 aromatic heterocycles. The van der Waals surface area contributed by atoms with Gasteiger partial charge in [0.15, 0.2) is 11.5 Å². The van der Waals surface area contributed by atoms with Crippen molar-refractivity contribution >= 4 is 40.4 Å². The van der Waals surface area contributed by atoms with E-state index < -0.39 is 18.3 Å². The first kappa shape index (κ1) is 27.7. The number of benzene rings is 6. The largest absolute Gasteiger partial charge is 0.494 e. The molecule has 0 amide bonds. The second kappa shape index (κ2) is 10.4. The minimum atomic E-state index is -0.479. The van der Waals surface area contributed by atoms with Gasteiger partial charge in [0, 0.05) is 11.1 Å². The minimum Gasteiger partial charge on any atom is -0.452 e. The van der Waals surface area contributed by atoms with E-state index in [4.69, 9.17) is 14.0 Å². The predicted molar refractivity (Wildman–Crippen MR) is 185 cm³/mol. The molecule has 4 nitrogen and oxygen atoms in total. The molecule has 220 valence electrons. The Morgan fingerprint density at radius 1 is 0.533 bits per heavy atom. The van der Waals surface area contributed by atoms with Gasteiger partial charge >= 0.3 is 7.12 Å². The number of hydrogen-bond acceptors (Lipinski definition) is 4. The number of hydrogen-bond donors (Lipinski definition) is 0. The van der Waals surface area contributed by atoms with Crippen LogP contribution in [-0.4, -0.2) is 18.3 Å². The summed E-state index contributed by atoms with van der Waals surface area (Å²) in [6.07, 6.45) is 0. The van der Waals surface area contributed by atoms with Crippen molar-refractivity contribution in [2.24, 2.45) is 0 Å². The van der Waals surface area contributed by atoms with Gasteiger partial charge in [-0.2, -0.15) is 0 Å². The zero-order valence-corrected chi connectivity index (χ0v) is 26.0. The number of nitrogens with zero attached hydrogens (tertiary/aromatic N) is 1. The first-order valence-electron chi connectivity index (χ1n) is 15.5. The van der Waals surface area contributed by atoms with Crippen molar-refractivity contribution in [3.8, 4) is 33.8 Å². The van der Waals surface area contributed by atoms with Gasteiger partial charge in [-0.25, -0.2) is 0 Å². The summed E-state index contributed by atoms with van der Waals surface area (Å²) in [5, 5.41) is 2.22. The highest BCUT2D eigenvalue weighted by Crippen LogP contribution is 2.53. The summed E-state index contributed by atoms with van der Waals surface area (Å²) in [5.41, 5.74) is 7.77. The Bertz CT molecular complexity index is 2050. The molecule has 1 fully saturated rings. The summed E-state index contributed by atoms with van der Waals surface area (Å²) >= 11 is 0. The average molecular weight is 588 g/mol. The van der Waals surface area contributed by atoms with E-state index in [0.717, 1.165) is 55.9 Å². The molecule has 2 aliphatic heterocycles. The molecule has 1 saturated heterocycles. The van der Waals surface area contributed by atoms with E-state index in [0.29, 0.717) is 0 Å². The smallest absolute Gasteiger partial charge is 0.452 e. The van der Waals surface area contributed by atoms with Gasteiger partial charge in [0.1, 0.15) is 0 Å². The summed E-state index contributed by atoms with van der Waals surface area (Å²) in [6.45, 7) is 8.34. The quantitative estimate of drug-likeness (QED) is 0.192. The molecule has 45 heavy (non-hydrogen) atoms. The molecule has 0 spiro atoms. The van der Waals surface area contributed by atoms with Crippen LogP contribution >= 0.6 is 0 Å². The van der Waals surface area contributed by atoms with Crippen LogP contribution in [0.25, 0.3) is 33.0 Å². The highest BCUT2D eigenvalue weighted by atomic mass is 16.7. The molecule has 0 atom stereocenters. The fraction of sp³-hybridized carbons (Fsp3) is 0.150. The maximum absolute atomic E-state index is 6.70. The number of rotatable bonds is 4. The maximum Gasteiger partial charge on any atom is 0.494 e. The second-order valence-corrected chi connectivity index (χ2v) is 12.9. The Kier molecular flexibility index (Phi) is 6.38. The lowest BCUT2D eigenvalue weighted by molar-refractivity contribution is 0.00578. The standard InChI is InChI=1S/C40H34BNO3/c1-39(2)40(3,4)45-41(44-39)32-21-23-37-36(26-32)42(35-22-20-28-14-8-9-19-34(28)38(35)43-37)33-18-11-17-31(25-33)30-16-10-15-29(24-30)27-12-6-5-7-13-27/h5-26H,1-4H3. The van der Waals surface area contributed by atoms with Crippen LogP contribution in [0, 0.1) is 0 Å². The molecular formula is C40H34BNO3. The summed E-state index contributed by atoms with van der Waals surface area (Å²) in [7, 11) is -0.479. The Morgan fingerprint density at radius 2 is 1.18 bits per heavy atom. The molecule has 6 aromatic rings. The van der Waals surface area contributed by atoms with Crippen LogP contribution in [0.2, 0.25) is 0 Å². The molecule has 0 aliphatic carbocycles. The Morgan fingerprint density at radius 3 is 1.96 bits per heavy atom. The lowest BCUT2D eigenvalue weighted by Crippen LogP contribution is -2.41. The van der Waals surface area contributed by atoms with Gasteiger partial charge in [-0.1, -0.05) is 97.1 Å². The molecule has 5 heteroatoms. The fourth-order valence-electron chi connectivity index (χ4n) is 6.29. The van der Waals surface area contributed by atoms with Crippen molar-refractivity contribution in [2.75, 3.05) is 4.90 Å². The third-order valence-corrected chi connectivity index (χ3v) is 9.47. The molecule has 0 radical (unpaired) electrons. The molecule has 0 unspecified atom stereocenters. The molecular weight excluding hydrogens is 553 g/mol. The molecule has 2 heterocycles. The van der Waals surface area contributed by atoms with Crippen molar-refractivity contribution in [1.29, 1.82) is 0 Å². The highest BCUT2D eigenvalue weighted by molar-refractivity contribution is 6.62. The van der Waals surface area contributed by atoms with E-state index in [9.17, 15) is 0 Å². The summed E-state index contributed by atoms with van der Waals surface area (Å²) in [5.74, 6) is 1.64. The van der Waals surface area contributed by atoms with Gasteiger partial charge in [0.25, 0.3) is 0 Å². The molecule has 6 aromatic carbocycles. The predicted octanol–water partition coefficient (Wildman–Crippen LogP) is 10.0. The number of fused-ring (bicyclic) bond motifs is 4. The molecule has 2 aliphatic rings. The highest BCUT2D eigenvalue weighted by Gasteiger charge is 2.52. The normalized spacial score (nSPS) is 16.3. The van der Waals surface area contributed by atoms with E-state index in [1.807, 2.05) is 6.07 Å². The van der Waals surface area contributed by atoms with Gasteiger partial charge in [-0.05, 0) is 97.2 Å². The van der Waals surface area contributed by atoms with Crippen LogP contribution in [-0.2, 0) is 9.31 Å². The van der Waals surface area contributed by atoms with Crippen molar-refractivity contribution in [2.45, 2.75) is 38.9 Å². The van der Waals surface area contributed by atoms with Crippen LogP contribution in [0.5, 0.6) is 11.5 Å². The van der Waals surface area contributed by atoms with Crippen LogP contribution in [0.3, 0.4) is 0 Å². The first-order valence-corrected chi connectivity index (χ1v) is 15.5. The van der Waals surface area contributed by atoms with Crippen molar-refractivity contribution in [1.82, 2.24) is 0 Å². The van der Waals surface area contributed by atoms with Crippen molar-refractivity contribution in [3.63, 3.8) is 0 Å². The van der Waals surface area contributed by atoms with Crippen molar-refractivity contribution < 1.29 is 14.0 Å². The van der Waals surface area contributed by atoms with E-state index >= 15 is 0 Å². The lowest BCUT2D eigenvalue weighted by Gasteiger charge is -2.34. The van der Waals surface area contributed by atoms with Crippen LogP contribution in [0.15, 0.2) is 133 Å². The van der Waals surface area contributed by atoms with Crippen LogP contribution < -0.4 is 15.1 Å². The zero-order chi connectivity index (χ0) is 30.8. The maximum atomic E-state index is 6.70.